The first-order valence-electron chi connectivity index (χ1n) is 8.77. The quantitative estimate of drug-likeness (QED) is 0.857. The van der Waals surface area contributed by atoms with Crippen LogP contribution in [0.15, 0.2) is 29.2 Å². The largest absolute Gasteiger partial charge is 0.416 e. The zero-order valence-electron chi connectivity index (χ0n) is 14.1. The maximum absolute atomic E-state index is 12.6. The SMILES string of the molecule is O=S(=O)(N[C@H]1C[C@H]2CO[C@H](C3CC3)CN2C1)c1ccc(C(F)(F)F)cc1. The topological polar surface area (TPSA) is 58.6 Å². The first kappa shape index (κ1) is 18.2. The van der Waals surface area contributed by atoms with Gasteiger partial charge in [-0.15, -0.1) is 0 Å². The van der Waals surface area contributed by atoms with E-state index in [0.717, 1.165) is 30.8 Å². The van der Waals surface area contributed by atoms with Gasteiger partial charge in [0.15, 0.2) is 0 Å². The lowest BCUT2D eigenvalue weighted by Crippen LogP contribution is -2.47. The van der Waals surface area contributed by atoms with Gasteiger partial charge in [-0.3, -0.25) is 4.90 Å². The second-order valence-electron chi connectivity index (χ2n) is 7.39. The summed E-state index contributed by atoms with van der Waals surface area (Å²) in [5, 5.41) is 0. The molecule has 0 aromatic heterocycles. The van der Waals surface area contributed by atoms with Crippen molar-refractivity contribution in [2.45, 2.75) is 48.5 Å². The van der Waals surface area contributed by atoms with E-state index in [1.54, 1.807) is 0 Å². The number of halogens is 3. The molecule has 3 atom stereocenters. The Balaban J connectivity index is 1.40. The molecule has 3 fully saturated rings. The van der Waals surface area contributed by atoms with Crippen LogP contribution >= 0.6 is 0 Å². The number of hydrogen-bond donors (Lipinski definition) is 1. The number of benzene rings is 1. The summed E-state index contributed by atoms with van der Waals surface area (Å²) >= 11 is 0. The van der Waals surface area contributed by atoms with E-state index in [1.165, 1.54) is 12.8 Å². The Morgan fingerprint density at radius 1 is 1.12 bits per heavy atom. The summed E-state index contributed by atoms with van der Waals surface area (Å²) < 4.78 is 71.4. The Morgan fingerprint density at radius 2 is 1.81 bits per heavy atom. The normalized spacial score (nSPS) is 30.3. The van der Waals surface area contributed by atoms with E-state index in [-0.39, 0.29) is 23.1 Å². The van der Waals surface area contributed by atoms with E-state index in [2.05, 4.69) is 9.62 Å². The van der Waals surface area contributed by atoms with Crippen molar-refractivity contribution in [3.63, 3.8) is 0 Å². The van der Waals surface area contributed by atoms with Gasteiger partial charge in [0.2, 0.25) is 10.0 Å². The number of ether oxygens (including phenoxy) is 1. The van der Waals surface area contributed by atoms with Crippen LogP contribution in [-0.2, 0) is 20.9 Å². The third-order valence-electron chi connectivity index (χ3n) is 5.41. The summed E-state index contributed by atoms with van der Waals surface area (Å²) in [5.41, 5.74) is -0.863. The fraction of sp³-hybridized carbons (Fsp3) is 0.647. The fourth-order valence-corrected chi connectivity index (χ4v) is 5.09. The van der Waals surface area contributed by atoms with E-state index in [9.17, 15) is 21.6 Å². The summed E-state index contributed by atoms with van der Waals surface area (Å²) in [6.07, 6.45) is -1.18. The van der Waals surface area contributed by atoms with Crippen LogP contribution in [0.4, 0.5) is 13.2 Å². The lowest BCUT2D eigenvalue weighted by Gasteiger charge is -2.35. The number of morpholine rings is 1. The molecule has 2 aliphatic heterocycles. The summed E-state index contributed by atoms with van der Waals surface area (Å²) in [7, 11) is -3.85. The Hall–Kier alpha value is -1.16. The molecule has 0 amide bonds. The molecule has 9 heteroatoms. The second-order valence-corrected chi connectivity index (χ2v) is 9.11. The maximum Gasteiger partial charge on any atom is 0.416 e. The van der Waals surface area contributed by atoms with Crippen molar-refractivity contribution in [1.82, 2.24) is 9.62 Å². The van der Waals surface area contributed by atoms with Crippen molar-refractivity contribution in [3.8, 4) is 0 Å². The molecule has 4 rings (SSSR count). The second kappa shape index (κ2) is 6.47. The smallest absolute Gasteiger partial charge is 0.375 e. The fourth-order valence-electron chi connectivity index (χ4n) is 3.85. The van der Waals surface area contributed by atoms with Gasteiger partial charge >= 0.3 is 6.18 Å². The number of nitrogens with zero attached hydrogens (tertiary/aromatic N) is 1. The standard InChI is InChI=1S/C17H21F3N2O3S/c18-17(19,20)12-3-5-15(6-4-12)26(23,24)21-13-7-14-10-25-16(11-1-2-11)9-22(14)8-13/h3-6,11,13-14,16,21H,1-2,7-10H2/t13-,14-,16-/m0/s1. The molecule has 26 heavy (non-hydrogen) atoms. The highest BCUT2D eigenvalue weighted by Crippen LogP contribution is 2.38. The van der Waals surface area contributed by atoms with Gasteiger partial charge in [0.05, 0.1) is 23.2 Å². The molecule has 2 saturated heterocycles. The molecule has 5 nitrogen and oxygen atoms in total. The van der Waals surface area contributed by atoms with Gasteiger partial charge in [-0.1, -0.05) is 0 Å². The summed E-state index contributed by atoms with van der Waals surface area (Å²) in [5.74, 6) is 0.638. The molecule has 1 saturated carbocycles. The average molecular weight is 390 g/mol. The van der Waals surface area contributed by atoms with Crippen molar-refractivity contribution in [2.75, 3.05) is 19.7 Å². The molecular weight excluding hydrogens is 369 g/mol. The average Bonchev–Trinajstić information content (AvgIpc) is 3.34. The molecular formula is C17H21F3N2O3S. The number of alkyl halides is 3. The third kappa shape index (κ3) is 3.76. The third-order valence-corrected chi connectivity index (χ3v) is 6.94. The van der Waals surface area contributed by atoms with Crippen molar-refractivity contribution in [1.29, 1.82) is 0 Å². The van der Waals surface area contributed by atoms with Gasteiger partial charge in [-0.05, 0) is 49.4 Å². The van der Waals surface area contributed by atoms with Crippen LogP contribution < -0.4 is 4.72 Å². The van der Waals surface area contributed by atoms with Crippen molar-refractivity contribution in [3.05, 3.63) is 29.8 Å². The Kier molecular flexibility index (Phi) is 4.53. The number of fused-ring (bicyclic) bond motifs is 1. The summed E-state index contributed by atoms with van der Waals surface area (Å²) in [6.45, 7) is 2.05. The number of rotatable bonds is 4. The van der Waals surface area contributed by atoms with Crippen molar-refractivity contribution in [2.24, 2.45) is 5.92 Å². The number of hydrogen-bond acceptors (Lipinski definition) is 4. The maximum atomic E-state index is 12.6. The minimum atomic E-state index is -4.48. The highest BCUT2D eigenvalue weighted by Gasteiger charge is 2.43. The van der Waals surface area contributed by atoms with Crippen LogP contribution in [0.25, 0.3) is 0 Å². The lowest BCUT2D eigenvalue weighted by atomic mass is 10.1. The number of sulfonamides is 1. The highest BCUT2D eigenvalue weighted by molar-refractivity contribution is 7.89. The monoisotopic (exact) mass is 390 g/mol. The predicted octanol–water partition coefficient (Wildman–Crippen LogP) is 2.24. The minimum absolute atomic E-state index is 0.150. The lowest BCUT2D eigenvalue weighted by molar-refractivity contribution is -0.137. The molecule has 0 spiro atoms. The molecule has 1 aromatic rings. The Labute approximate surface area is 150 Å². The first-order valence-corrected chi connectivity index (χ1v) is 10.3. The van der Waals surface area contributed by atoms with Crippen LogP contribution in [0.1, 0.15) is 24.8 Å². The van der Waals surface area contributed by atoms with Gasteiger partial charge in [0, 0.05) is 25.2 Å². The summed E-state index contributed by atoms with van der Waals surface area (Å²) in [4.78, 5) is 2.12. The molecule has 1 aromatic carbocycles. The van der Waals surface area contributed by atoms with Gasteiger partial charge in [0.25, 0.3) is 0 Å². The molecule has 3 aliphatic rings. The molecule has 0 unspecified atom stereocenters. The van der Waals surface area contributed by atoms with Crippen LogP contribution in [0.5, 0.6) is 0 Å². The predicted molar refractivity (Wildman–Crippen MR) is 88.0 cm³/mol. The molecule has 1 aliphatic carbocycles. The number of nitrogens with one attached hydrogen (secondary N) is 1. The van der Waals surface area contributed by atoms with E-state index in [4.69, 9.17) is 4.74 Å². The Morgan fingerprint density at radius 3 is 2.42 bits per heavy atom. The molecule has 2 heterocycles. The van der Waals surface area contributed by atoms with Gasteiger partial charge in [-0.2, -0.15) is 13.2 Å². The van der Waals surface area contributed by atoms with Crippen LogP contribution in [0, 0.1) is 5.92 Å². The summed E-state index contributed by atoms with van der Waals surface area (Å²) in [6, 6.07) is 3.53. The molecule has 0 radical (unpaired) electrons. The minimum Gasteiger partial charge on any atom is -0.375 e. The zero-order chi connectivity index (χ0) is 18.5. The van der Waals surface area contributed by atoms with Crippen molar-refractivity contribution < 1.29 is 26.3 Å². The van der Waals surface area contributed by atoms with Crippen LogP contribution in [-0.4, -0.2) is 51.2 Å². The highest BCUT2D eigenvalue weighted by atomic mass is 32.2. The molecule has 1 N–H and O–H groups in total. The molecule has 144 valence electrons. The van der Waals surface area contributed by atoms with E-state index in [1.807, 2.05) is 0 Å². The van der Waals surface area contributed by atoms with E-state index >= 15 is 0 Å². The zero-order valence-corrected chi connectivity index (χ0v) is 14.9. The van der Waals surface area contributed by atoms with Gasteiger partial charge in [0.1, 0.15) is 0 Å². The Bertz CT molecular complexity index is 762. The van der Waals surface area contributed by atoms with Gasteiger partial charge < -0.3 is 4.74 Å². The first-order chi connectivity index (χ1) is 12.2. The van der Waals surface area contributed by atoms with Crippen LogP contribution in [0.3, 0.4) is 0 Å². The van der Waals surface area contributed by atoms with E-state index < -0.39 is 21.8 Å². The van der Waals surface area contributed by atoms with Crippen molar-refractivity contribution >= 4 is 10.0 Å². The van der Waals surface area contributed by atoms with Crippen LogP contribution in [0.2, 0.25) is 0 Å². The van der Waals surface area contributed by atoms with Gasteiger partial charge in [-0.25, -0.2) is 13.1 Å². The van der Waals surface area contributed by atoms with E-state index in [0.29, 0.717) is 25.5 Å². The molecule has 0 bridgehead atoms.